The predicted molar refractivity (Wildman–Crippen MR) is 163 cm³/mol. The third kappa shape index (κ3) is 3.84. The van der Waals surface area contributed by atoms with Crippen molar-refractivity contribution in [1.29, 1.82) is 0 Å². The number of para-hydroxylation sites is 2. The molecule has 1 aromatic carbocycles. The van der Waals surface area contributed by atoms with Crippen LogP contribution in [0.2, 0.25) is 0 Å². The van der Waals surface area contributed by atoms with Crippen molar-refractivity contribution in [3.8, 4) is 0 Å². The van der Waals surface area contributed by atoms with Crippen LogP contribution in [0.1, 0.15) is 112 Å². The second-order valence-electron chi connectivity index (χ2n) is 16.0. The van der Waals surface area contributed by atoms with E-state index >= 15 is 0 Å². The average molecular weight is 545 g/mol. The number of benzene rings is 1. The minimum Gasteiger partial charge on any atom is -0.393 e. The van der Waals surface area contributed by atoms with E-state index in [1.165, 1.54) is 29.8 Å². The topological polar surface area (TPSA) is 66.2 Å². The second kappa shape index (κ2) is 9.11. The van der Waals surface area contributed by atoms with Crippen molar-refractivity contribution in [2.45, 2.75) is 124 Å². The molecule has 0 radical (unpaired) electrons. The Morgan fingerprint density at radius 2 is 1.62 bits per heavy atom. The number of hydrogen-bond donors (Lipinski definition) is 2. The highest BCUT2D eigenvalue weighted by atomic mass is 16.3. The zero-order valence-corrected chi connectivity index (χ0v) is 26.2. The molecule has 3 fully saturated rings. The maximum absolute atomic E-state index is 12.1. The Balaban J connectivity index is 1.38. The van der Waals surface area contributed by atoms with Gasteiger partial charge in [0.2, 0.25) is 0 Å². The molecule has 4 heteroatoms. The Hall–Kier alpha value is -1.78. The molecule has 1 aromatic heterocycles. The molecule has 0 bridgehead atoms. The van der Waals surface area contributed by atoms with Gasteiger partial charge >= 0.3 is 0 Å². The van der Waals surface area contributed by atoms with E-state index in [9.17, 15) is 10.2 Å². The summed E-state index contributed by atoms with van der Waals surface area (Å²) in [5.74, 6) is 1.19. The lowest BCUT2D eigenvalue weighted by Gasteiger charge is -2.69. The Labute approximate surface area is 242 Å². The van der Waals surface area contributed by atoms with Crippen LogP contribution in [0.3, 0.4) is 0 Å². The van der Waals surface area contributed by atoms with Crippen LogP contribution in [-0.4, -0.2) is 31.9 Å². The summed E-state index contributed by atoms with van der Waals surface area (Å²) in [7, 11) is 0. The van der Waals surface area contributed by atoms with Gasteiger partial charge in [-0.15, -0.1) is 0 Å². The normalized spacial score (nSPS) is 41.3. The third-order valence-corrected chi connectivity index (χ3v) is 13.3. The number of aliphatic hydroxyl groups is 2. The van der Waals surface area contributed by atoms with Gasteiger partial charge in [-0.3, -0.25) is 0 Å². The van der Waals surface area contributed by atoms with Crippen LogP contribution in [-0.2, 0) is 11.8 Å². The first kappa shape index (κ1) is 28.3. The van der Waals surface area contributed by atoms with Gasteiger partial charge in [-0.1, -0.05) is 58.4 Å². The van der Waals surface area contributed by atoms with E-state index < -0.39 is 5.60 Å². The maximum Gasteiger partial charge on any atom is 0.0890 e. The largest absolute Gasteiger partial charge is 0.393 e. The smallest absolute Gasteiger partial charge is 0.0890 e. The van der Waals surface area contributed by atoms with E-state index in [-0.39, 0.29) is 39.6 Å². The van der Waals surface area contributed by atoms with Crippen molar-refractivity contribution >= 4 is 11.0 Å². The van der Waals surface area contributed by atoms with Gasteiger partial charge in [-0.05, 0) is 124 Å². The summed E-state index contributed by atoms with van der Waals surface area (Å²) in [6.45, 7) is 18.7. The summed E-state index contributed by atoms with van der Waals surface area (Å²) in [5, 5.41) is 23.9. The number of nitrogens with zero attached hydrogens (tertiary/aromatic N) is 2. The number of fused-ring (bicyclic) bond motifs is 7. The molecule has 2 N–H and O–H groups in total. The van der Waals surface area contributed by atoms with Gasteiger partial charge in [-0.25, -0.2) is 9.97 Å². The summed E-state index contributed by atoms with van der Waals surface area (Å²) in [5.41, 5.74) is 4.97. The summed E-state index contributed by atoms with van der Waals surface area (Å²) in [6, 6.07) is 8.30. The fourth-order valence-corrected chi connectivity index (χ4v) is 11.3. The van der Waals surface area contributed by atoms with Crippen molar-refractivity contribution in [3.05, 3.63) is 47.3 Å². The standard InChI is InChI=1S/C36H52N2O2/c1-22(2)12-11-17-36(8,40)23-15-18-35(7)30(23)27(39)20-29-33(5)21-26-31(38-25-14-10-9-13-24(25)37-26)32(3,4)28(33)16-19-34(29,35)6/h9-10,12-14,23,27-30,39-40H,11,15-21H2,1-8H3/t23-,27+,28-,29+,30-,33-,34+,35+,36-/m0/s1. The first-order chi connectivity index (χ1) is 18.6. The number of allylic oxidation sites excluding steroid dienone is 2. The number of rotatable bonds is 4. The molecule has 3 saturated carbocycles. The fraction of sp³-hybridized carbons (Fsp3) is 0.722. The van der Waals surface area contributed by atoms with Crippen molar-refractivity contribution in [2.75, 3.05) is 0 Å². The highest BCUT2D eigenvalue weighted by molar-refractivity contribution is 5.74. The summed E-state index contributed by atoms with van der Waals surface area (Å²) in [6.07, 6.45) is 9.76. The zero-order valence-electron chi connectivity index (χ0n) is 26.2. The molecular formula is C36H52N2O2. The summed E-state index contributed by atoms with van der Waals surface area (Å²) in [4.78, 5) is 10.5. The highest BCUT2D eigenvalue weighted by Crippen LogP contribution is 2.75. The van der Waals surface area contributed by atoms with Crippen LogP contribution in [0.5, 0.6) is 0 Å². The lowest BCUT2D eigenvalue weighted by Crippen LogP contribution is -2.66. The molecular weight excluding hydrogens is 492 g/mol. The maximum atomic E-state index is 12.1. The Kier molecular flexibility index (Phi) is 6.45. The molecule has 0 aliphatic heterocycles. The van der Waals surface area contributed by atoms with Gasteiger partial charge in [0.1, 0.15) is 0 Å². The number of aromatic nitrogens is 2. The van der Waals surface area contributed by atoms with Crippen LogP contribution in [0.25, 0.3) is 11.0 Å². The first-order valence-corrected chi connectivity index (χ1v) is 15.9. The van der Waals surface area contributed by atoms with Crippen molar-refractivity contribution in [3.63, 3.8) is 0 Å². The summed E-state index contributed by atoms with van der Waals surface area (Å²) >= 11 is 0. The Morgan fingerprint density at radius 3 is 2.30 bits per heavy atom. The molecule has 4 aliphatic rings. The summed E-state index contributed by atoms with van der Waals surface area (Å²) < 4.78 is 0. The van der Waals surface area contributed by atoms with Gasteiger partial charge in [-0.2, -0.15) is 0 Å². The quantitative estimate of drug-likeness (QED) is 0.386. The SMILES string of the molecule is CC(C)=CCC[C@](C)(O)[C@H]1CC[C@]2(C)[C@@H]1[C@H](O)C[C@@H]1[C@@]3(C)Cc4nc5ccccc5nc4C(C)(C)[C@@H]3CC[C@]12C. The fourth-order valence-electron chi connectivity index (χ4n) is 11.3. The lowest BCUT2D eigenvalue weighted by atomic mass is 9.35. The molecule has 6 rings (SSSR count). The second-order valence-corrected chi connectivity index (χ2v) is 16.0. The lowest BCUT2D eigenvalue weighted by molar-refractivity contribution is -0.223. The Morgan fingerprint density at radius 1 is 0.975 bits per heavy atom. The Bertz CT molecular complexity index is 1340. The van der Waals surface area contributed by atoms with Gasteiger partial charge < -0.3 is 10.2 Å². The molecule has 4 aliphatic carbocycles. The molecule has 0 saturated heterocycles. The molecule has 1 heterocycles. The van der Waals surface area contributed by atoms with E-state index in [1.54, 1.807) is 0 Å². The van der Waals surface area contributed by atoms with Crippen LogP contribution in [0.4, 0.5) is 0 Å². The van der Waals surface area contributed by atoms with E-state index in [1.807, 2.05) is 6.92 Å². The molecule has 0 spiro atoms. The average Bonchev–Trinajstić information content (AvgIpc) is 3.25. The minimum atomic E-state index is -0.762. The van der Waals surface area contributed by atoms with Crippen molar-refractivity contribution in [1.82, 2.24) is 9.97 Å². The third-order valence-electron chi connectivity index (χ3n) is 13.3. The van der Waals surface area contributed by atoms with Crippen LogP contribution in [0.15, 0.2) is 35.9 Å². The van der Waals surface area contributed by atoms with Gasteiger partial charge in [0.15, 0.2) is 0 Å². The first-order valence-electron chi connectivity index (χ1n) is 15.9. The van der Waals surface area contributed by atoms with Crippen LogP contribution in [0, 0.1) is 39.9 Å². The van der Waals surface area contributed by atoms with Gasteiger partial charge in [0.05, 0.1) is 34.1 Å². The highest BCUT2D eigenvalue weighted by Gasteiger charge is 2.71. The van der Waals surface area contributed by atoms with Gasteiger partial charge in [0.25, 0.3) is 0 Å². The molecule has 0 amide bonds. The van der Waals surface area contributed by atoms with E-state index in [0.717, 1.165) is 49.6 Å². The molecule has 2 aromatic rings. The monoisotopic (exact) mass is 544 g/mol. The zero-order chi connectivity index (χ0) is 28.9. The number of hydrogen-bond acceptors (Lipinski definition) is 4. The van der Waals surface area contributed by atoms with E-state index in [0.29, 0.717) is 11.8 Å². The molecule has 0 unspecified atom stereocenters. The van der Waals surface area contributed by atoms with Gasteiger partial charge in [0, 0.05) is 5.41 Å². The minimum absolute atomic E-state index is 0.00790. The number of aliphatic hydroxyl groups excluding tert-OH is 1. The molecule has 40 heavy (non-hydrogen) atoms. The van der Waals surface area contributed by atoms with Crippen LogP contribution < -0.4 is 0 Å². The van der Waals surface area contributed by atoms with Crippen molar-refractivity contribution in [2.24, 2.45) is 39.9 Å². The van der Waals surface area contributed by atoms with E-state index in [2.05, 4.69) is 78.8 Å². The molecule has 9 atom stereocenters. The van der Waals surface area contributed by atoms with E-state index in [4.69, 9.17) is 9.97 Å². The molecule has 4 nitrogen and oxygen atoms in total. The molecule has 218 valence electrons. The van der Waals surface area contributed by atoms with Crippen molar-refractivity contribution < 1.29 is 10.2 Å². The van der Waals surface area contributed by atoms with Crippen LogP contribution >= 0.6 is 0 Å². The predicted octanol–water partition coefficient (Wildman–Crippen LogP) is 7.80.